The summed E-state index contributed by atoms with van der Waals surface area (Å²) in [5.41, 5.74) is 5.49. The number of rotatable bonds is 5. The lowest BCUT2D eigenvalue weighted by Crippen LogP contribution is -2.39. The van der Waals surface area contributed by atoms with E-state index in [9.17, 15) is 9.59 Å². The molecule has 5 nitrogen and oxygen atoms in total. The zero-order valence-corrected chi connectivity index (χ0v) is 10.8. The van der Waals surface area contributed by atoms with Crippen LogP contribution in [0.15, 0.2) is 24.3 Å². The number of para-hydroxylation sites is 1. The Kier molecular flexibility index (Phi) is 4.44. The van der Waals surface area contributed by atoms with Gasteiger partial charge in [-0.15, -0.1) is 0 Å². The van der Waals surface area contributed by atoms with E-state index >= 15 is 0 Å². The average Bonchev–Trinajstić information content (AvgIpc) is 2.31. The van der Waals surface area contributed by atoms with Gasteiger partial charge in [0.1, 0.15) is 5.60 Å². The van der Waals surface area contributed by atoms with Gasteiger partial charge in [0.25, 0.3) is 5.91 Å². The molecule has 18 heavy (non-hydrogen) atoms. The van der Waals surface area contributed by atoms with Crippen molar-refractivity contribution in [3.63, 3.8) is 0 Å². The van der Waals surface area contributed by atoms with Crippen LogP contribution < -0.4 is 11.1 Å². The molecule has 0 aliphatic carbocycles. The minimum Gasteiger partial charge on any atom is -0.369 e. The first-order valence-corrected chi connectivity index (χ1v) is 5.59. The van der Waals surface area contributed by atoms with Crippen LogP contribution in [0.3, 0.4) is 0 Å². The number of carbonyl (C=O) groups is 2. The van der Waals surface area contributed by atoms with E-state index in [4.69, 9.17) is 10.5 Å². The molecule has 1 aromatic carbocycles. The Hall–Kier alpha value is -1.88. The number of anilines is 1. The lowest BCUT2D eigenvalue weighted by atomic mass is 10.1. The third-order valence-electron chi connectivity index (χ3n) is 2.69. The van der Waals surface area contributed by atoms with Gasteiger partial charge < -0.3 is 15.8 Å². The summed E-state index contributed by atoms with van der Waals surface area (Å²) in [7, 11) is 1.47. The van der Waals surface area contributed by atoms with Gasteiger partial charge in [0.15, 0.2) is 0 Å². The van der Waals surface area contributed by atoms with Crippen LogP contribution in [-0.2, 0) is 20.7 Å². The van der Waals surface area contributed by atoms with E-state index in [0.29, 0.717) is 11.3 Å². The third kappa shape index (κ3) is 3.56. The quantitative estimate of drug-likeness (QED) is 0.820. The Balaban J connectivity index is 2.91. The van der Waals surface area contributed by atoms with Crippen molar-refractivity contribution >= 4 is 17.5 Å². The molecule has 0 saturated carbocycles. The predicted molar refractivity (Wildman–Crippen MR) is 69.1 cm³/mol. The molecule has 98 valence electrons. The van der Waals surface area contributed by atoms with Gasteiger partial charge >= 0.3 is 0 Å². The van der Waals surface area contributed by atoms with E-state index in [1.165, 1.54) is 7.11 Å². The Morgan fingerprint density at radius 1 is 1.33 bits per heavy atom. The van der Waals surface area contributed by atoms with Crippen LogP contribution >= 0.6 is 0 Å². The van der Waals surface area contributed by atoms with E-state index < -0.39 is 11.5 Å². The van der Waals surface area contributed by atoms with Crippen molar-refractivity contribution in [3.05, 3.63) is 29.8 Å². The molecule has 3 N–H and O–H groups in total. The van der Waals surface area contributed by atoms with Crippen molar-refractivity contribution in [3.8, 4) is 0 Å². The Morgan fingerprint density at radius 3 is 2.50 bits per heavy atom. The molecule has 0 atom stereocenters. The maximum absolute atomic E-state index is 12.0. The summed E-state index contributed by atoms with van der Waals surface area (Å²) in [6.45, 7) is 3.33. The fourth-order valence-corrected chi connectivity index (χ4v) is 1.35. The molecule has 0 aromatic heterocycles. The summed E-state index contributed by atoms with van der Waals surface area (Å²) in [5.74, 6) is -0.718. The maximum Gasteiger partial charge on any atom is 0.256 e. The maximum atomic E-state index is 12.0. The SMILES string of the molecule is COC(C)(C)C(=O)Nc1ccccc1CC(N)=O. The van der Waals surface area contributed by atoms with Gasteiger partial charge in [-0.1, -0.05) is 18.2 Å². The highest BCUT2D eigenvalue weighted by atomic mass is 16.5. The van der Waals surface area contributed by atoms with Crippen molar-refractivity contribution in [2.45, 2.75) is 25.9 Å². The molecule has 1 aromatic rings. The van der Waals surface area contributed by atoms with Crippen LogP contribution in [0, 0.1) is 0 Å². The van der Waals surface area contributed by atoms with Gasteiger partial charge in [0.2, 0.25) is 5.91 Å². The standard InChI is InChI=1S/C13H18N2O3/c1-13(2,18-3)12(17)15-10-7-5-4-6-9(10)8-11(14)16/h4-7H,8H2,1-3H3,(H2,14,16)(H,15,17). The number of ether oxygens (including phenoxy) is 1. The van der Waals surface area contributed by atoms with Crippen molar-refractivity contribution in [2.24, 2.45) is 5.73 Å². The number of primary amides is 1. The van der Waals surface area contributed by atoms with E-state index in [-0.39, 0.29) is 12.3 Å². The van der Waals surface area contributed by atoms with Gasteiger partial charge in [-0.25, -0.2) is 0 Å². The summed E-state index contributed by atoms with van der Waals surface area (Å²) >= 11 is 0. The zero-order chi connectivity index (χ0) is 13.8. The van der Waals surface area contributed by atoms with Gasteiger partial charge in [-0.05, 0) is 25.5 Å². The highest BCUT2D eigenvalue weighted by molar-refractivity contribution is 5.97. The van der Waals surface area contributed by atoms with E-state index in [1.807, 2.05) is 0 Å². The number of nitrogens with one attached hydrogen (secondary N) is 1. The van der Waals surface area contributed by atoms with Crippen LogP contribution in [0.2, 0.25) is 0 Å². The lowest BCUT2D eigenvalue weighted by Gasteiger charge is -2.22. The molecule has 2 amide bonds. The largest absolute Gasteiger partial charge is 0.369 e. The Bertz CT molecular complexity index is 455. The molecular formula is C13H18N2O3. The highest BCUT2D eigenvalue weighted by Gasteiger charge is 2.27. The Morgan fingerprint density at radius 2 is 1.94 bits per heavy atom. The number of amides is 2. The summed E-state index contributed by atoms with van der Waals surface area (Å²) in [5, 5.41) is 2.74. The second-order valence-corrected chi connectivity index (χ2v) is 4.47. The van der Waals surface area contributed by atoms with E-state index in [1.54, 1.807) is 38.1 Å². The number of methoxy groups -OCH3 is 1. The van der Waals surface area contributed by atoms with Crippen molar-refractivity contribution in [1.82, 2.24) is 0 Å². The third-order valence-corrected chi connectivity index (χ3v) is 2.69. The normalized spacial score (nSPS) is 11.1. The first kappa shape index (κ1) is 14.2. The zero-order valence-electron chi connectivity index (χ0n) is 10.8. The van der Waals surface area contributed by atoms with Gasteiger partial charge in [0.05, 0.1) is 6.42 Å². The summed E-state index contributed by atoms with van der Waals surface area (Å²) < 4.78 is 5.09. The Labute approximate surface area is 106 Å². The molecule has 1 rings (SSSR count). The average molecular weight is 250 g/mol. The van der Waals surface area contributed by atoms with Crippen LogP contribution in [0.4, 0.5) is 5.69 Å². The minimum absolute atomic E-state index is 0.0872. The monoisotopic (exact) mass is 250 g/mol. The van der Waals surface area contributed by atoms with Gasteiger partial charge in [-0.2, -0.15) is 0 Å². The first-order valence-electron chi connectivity index (χ1n) is 5.59. The molecule has 0 spiro atoms. The fourth-order valence-electron chi connectivity index (χ4n) is 1.35. The summed E-state index contributed by atoms with van der Waals surface area (Å²) in [6, 6.07) is 7.04. The van der Waals surface area contributed by atoms with Gasteiger partial charge in [-0.3, -0.25) is 9.59 Å². The molecule has 0 aliphatic rings. The topological polar surface area (TPSA) is 81.4 Å². The lowest BCUT2D eigenvalue weighted by molar-refractivity contribution is -0.133. The number of nitrogens with two attached hydrogens (primary N) is 1. The fraction of sp³-hybridized carbons (Fsp3) is 0.385. The first-order chi connectivity index (χ1) is 8.36. The molecule has 0 radical (unpaired) electrons. The van der Waals surface area contributed by atoms with Gasteiger partial charge in [0, 0.05) is 12.8 Å². The van der Waals surface area contributed by atoms with Crippen LogP contribution in [0.1, 0.15) is 19.4 Å². The van der Waals surface area contributed by atoms with E-state index in [2.05, 4.69) is 5.32 Å². The molecule has 0 bridgehead atoms. The number of hydrogen-bond acceptors (Lipinski definition) is 3. The van der Waals surface area contributed by atoms with Crippen molar-refractivity contribution in [2.75, 3.05) is 12.4 Å². The molecule has 5 heteroatoms. The second kappa shape index (κ2) is 5.64. The summed E-state index contributed by atoms with van der Waals surface area (Å²) in [4.78, 5) is 22.9. The van der Waals surface area contributed by atoms with Crippen molar-refractivity contribution in [1.29, 1.82) is 0 Å². The molecule has 0 saturated heterocycles. The van der Waals surface area contributed by atoms with Crippen LogP contribution in [0.5, 0.6) is 0 Å². The summed E-state index contributed by atoms with van der Waals surface area (Å²) in [6.07, 6.45) is 0.0872. The van der Waals surface area contributed by atoms with E-state index in [0.717, 1.165) is 0 Å². The molecule has 0 heterocycles. The minimum atomic E-state index is -0.931. The molecule has 0 fully saturated rings. The van der Waals surface area contributed by atoms with Crippen LogP contribution in [0.25, 0.3) is 0 Å². The van der Waals surface area contributed by atoms with Crippen molar-refractivity contribution < 1.29 is 14.3 Å². The number of benzene rings is 1. The smallest absolute Gasteiger partial charge is 0.256 e. The molecule has 0 aliphatic heterocycles. The second-order valence-electron chi connectivity index (χ2n) is 4.47. The molecule has 0 unspecified atom stereocenters. The van der Waals surface area contributed by atoms with Crippen LogP contribution in [-0.4, -0.2) is 24.5 Å². The predicted octanol–water partition coefficient (Wildman–Crippen LogP) is 1.08. The number of hydrogen-bond donors (Lipinski definition) is 2. The highest BCUT2D eigenvalue weighted by Crippen LogP contribution is 2.18. The number of carbonyl (C=O) groups excluding carboxylic acids is 2. The molecular weight excluding hydrogens is 232 g/mol.